The normalized spacial score (nSPS) is 29.8. The zero-order chi connectivity index (χ0) is 14.9. The fourth-order valence-corrected chi connectivity index (χ4v) is 3.20. The van der Waals surface area contributed by atoms with E-state index in [1.54, 1.807) is 0 Å². The van der Waals surface area contributed by atoms with Crippen LogP contribution in [0.4, 0.5) is 4.79 Å². The molecule has 0 aromatic rings. The Morgan fingerprint density at radius 1 is 1.15 bits per heavy atom. The maximum Gasteiger partial charge on any atom is 0.410 e. The summed E-state index contributed by atoms with van der Waals surface area (Å²) in [5.74, 6) is 0. The van der Waals surface area contributed by atoms with Crippen LogP contribution in [0, 0.1) is 0 Å². The standard InChI is InChI=1S/C15H29N3O2/c1-12-10-16(5)8-9-18(12)13-6-7-17(11-13)14(19)20-15(2,3)4/h12-13H,6-11H2,1-5H3/t12-,13-/m1/s1. The van der Waals surface area contributed by atoms with Crippen LogP contribution in [0.1, 0.15) is 34.1 Å². The molecule has 116 valence electrons. The van der Waals surface area contributed by atoms with Crippen LogP contribution in [0.25, 0.3) is 0 Å². The summed E-state index contributed by atoms with van der Waals surface area (Å²) in [5.41, 5.74) is -0.406. The summed E-state index contributed by atoms with van der Waals surface area (Å²) in [6.07, 6.45) is 0.898. The third-order valence-electron chi connectivity index (χ3n) is 4.17. The highest BCUT2D eigenvalue weighted by atomic mass is 16.6. The number of hydrogen-bond acceptors (Lipinski definition) is 4. The second-order valence-electron chi connectivity index (χ2n) is 7.22. The van der Waals surface area contributed by atoms with Crippen LogP contribution >= 0.6 is 0 Å². The molecule has 2 atom stereocenters. The number of ether oxygens (including phenoxy) is 1. The van der Waals surface area contributed by atoms with Crippen LogP contribution in [0.15, 0.2) is 0 Å². The average molecular weight is 283 g/mol. The molecule has 2 heterocycles. The molecule has 0 aromatic heterocycles. The van der Waals surface area contributed by atoms with Crippen LogP contribution in [0.5, 0.6) is 0 Å². The number of likely N-dealkylation sites (N-methyl/N-ethyl adjacent to an activating group) is 1. The molecule has 0 radical (unpaired) electrons. The van der Waals surface area contributed by atoms with Crippen LogP contribution in [0.2, 0.25) is 0 Å². The summed E-state index contributed by atoms with van der Waals surface area (Å²) in [5, 5.41) is 0. The van der Waals surface area contributed by atoms with Gasteiger partial charge in [-0.1, -0.05) is 0 Å². The number of likely N-dealkylation sites (tertiary alicyclic amines) is 1. The molecule has 5 nitrogen and oxygen atoms in total. The van der Waals surface area contributed by atoms with E-state index in [4.69, 9.17) is 4.74 Å². The minimum absolute atomic E-state index is 0.165. The van der Waals surface area contributed by atoms with Crippen LogP contribution in [0.3, 0.4) is 0 Å². The molecular formula is C15H29N3O2. The Morgan fingerprint density at radius 3 is 2.45 bits per heavy atom. The zero-order valence-corrected chi connectivity index (χ0v) is 13.6. The van der Waals surface area contributed by atoms with Gasteiger partial charge in [-0.25, -0.2) is 4.79 Å². The van der Waals surface area contributed by atoms with Crippen molar-refractivity contribution in [3.05, 3.63) is 0 Å². The van der Waals surface area contributed by atoms with Gasteiger partial charge in [-0.15, -0.1) is 0 Å². The van der Waals surface area contributed by atoms with E-state index in [-0.39, 0.29) is 6.09 Å². The van der Waals surface area contributed by atoms with E-state index in [0.29, 0.717) is 12.1 Å². The van der Waals surface area contributed by atoms with Crippen molar-refractivity contribution in [1.29, 1.82) is 0 Å². The summed E-state index contributed by atoms with van der Waals surface area (Å²) in [4.78, 5) is 18.9. The van der Waals surface area contributed by atoms with Crippen molar-refractivity contribution in [3.63, 3.8) is 0 Å². The van der Waals surface area contributed by atoms with E-state index in [2.05, 4.69) is 23.8 Å². The SMILES string of the molecule is C[C@@H]1CN(C)CCN1[C@@H]1CCN(C(=O)OC(C)(C)C)C1. The molecule has 2 aliphatic heterocycles. The van der Waals surface area contributed by atoms with Gasteiger partial charge in [0.1, 0.15) is 5.60 Å². The largest absolute Gasteiger partial charge is 0.444 e. The van der Waals surface area contributed by atoms with E-state index in [9.17, 15) is 4.79 Å². The molecule has 0 N–H and O–H groups in total. The van der Waals surface area contributed by atoms with E-state index < -0.39 is 5.60 Å². The fraction of sp³-hybridized carbons (Fsp3) is 0.933. The molecule has 0 bridgehead atoms. The number of hydrogen-bond donors (Lipinski definition) is 0. The predicted molar refractivity (Wildman–Crippen MR) is 79.9 cm³/mol. The average Bonchev–Trinajstić information content (AvgIpc) is 2.75. The van der Waals surface area contributed by atoms with Crippen LogP contribution in [-0.2, 0) is 4.74 Å². The lowest BCUT2D eigenvalue weighted by molar-refractivity contribution is 0.0247. The monoisotopic (exact) mass is 283 g/mol. The van der Waals surface area contributed by atoms with Gasteiger partial charge in [-0.2, -0.15) is 0 Å². The highest BCUT2D eigenvalue weighted by Gasteiger charge is 2.35. The lowest BCUT2D eigenvalue weighted by Crippen LogP contribution is -2.55. The predicted octanol–water partition coefficient (Wildman–Crippen LogP) is 1.63. The molecule has 1 amide bonds. The second kappa shape index (κ2) is 5.90. The van der Waals surface area contributed by atoms with Gasteiger partial charge < -0.3 is 14.5 Å². The quantitative estimate of drug-likeness (QED) is 0.733. The second-order valence-corrected chi connectivity index (χ2v) is 7.22. The molecular weight excluding hydrogens is 254 g/mol. The fourth-order valence-electron chi connectivity index (χ4n) is 3.20. The molecule has 0 aromatic carbocycles. The summed E-state index contributed by atoms with van der Waals surface area (Å²) in [6, 6.07) is 1.06. The molecule has 0 unspecified atom stereocenters. The number of carbonyl (C=O) groups is 1. The Balaban J connectivity index is 1.87. The van der Waals surface area contributed by atoms with Crippen molar-refractivity contribution in [1.82, 2.24) is 14.7 Å². The molecule has 2 fully saturated rings. The first-order valence-corrected chi connectivity index (χ1v) is 7.68. The first-order valence-electron chi connectivity index (χ1n) is 7.68. The zero-order valence-electron chi connectivity index (χ0n) is 13.6. The lowest BCUT2D eigenvalue weighted by atomic mass is 10.1. The number of carbonyl (C=O) groups excluding carboxylic acids is 1. The maximum atomic E-state index is 12.1. The van der Waals surface area contributed by atoms with Gasteiger partial charge in [0.05, 0.1) is 0 Å². The Bertz CT molecular complexity index is 354. The summed E-state index contributed by atoms with van der Waals surface area (Å²) in [6.45, 7) is 13.0. The van der Waals surface area contributed by atoms with Gasteiger partial charge in [0, 0.05) is 44.8 Å². The van der Waals surface area contributed by atoms with Gasteiger partial charge in [0.15, 0.2) is 0 Å². The molecule has 0 spiro atoms. The Morgan fingerprint density at radius 2 is 1.85 bits per heavy atom. The summed E-state index contributed by atoms with van der Waals surface area (Å²) < 4.78 is 5.46. The Labute approximate surface area is 122 Å². The van der Waals surface area contributed by atoms with E-state index in [0.717, 1.165) is 39.1 Å². The molecule has 0 aliphatic carbocycles. The van der Waals surface area contributed by atoms with Gasteiger partial charge in [-0.3, -0.25) is 4.90 Å². The first-order chi connectivity index (χ1) is 9.26. The highest BCUT2D eigenvalue weighted by molar-refractivity contribution is 5.68. The summed E-state index contributed by atoms with van der Waals surface area (Å²) >= 11 is 0. The third-order valence-corrected chi connectivity index (χ3v) is 4.17. The third kappa shape index (κ3) is 3.85. The van der Waals surface area contributed by atoms with Gasteiger partial charge in [0.25, 0.3) is 0 Å². The van der Waals surface area contributed by atoms with Crippen molar-refractivity contribution in [2.45, 2.75) is 51.8 Å². The topological polar surface area (TPSA) is 36.0 Å². The van der Waals surface area contributed by atoms with E-state index >= 15 is 0 Å². The molecule has 2 aliphatic rings. The minimum Gasteiger partial charge on any atom is -0.444 e. The molecule has 5 heteroatoms. The van der Waals surface area contributed by atoms with Crippen molar-refractivity contribution in [3.8, 4) is 0 Å². The first kappa shape index (κ1) is 15.6. The number of amides is 1. The van der Waals surface area contributed by atoms with E-state index in [1.807, 2.05) is 25.7 Å². The lowest BCUT2D eigenvalue weighted by Gasteiger charge is -2.41. The maximum absolute atomic E-state index is 12.1. The number of rotatable bonds is 1. The highest BCUT2D eigenvalue weighted by Crippen LogP contribution is 2.22. The Kier molecular flexibility index (Phi) is 4.59. The van der Waals surface area contributed by atoms with Crippen molar-refractivity contribution in [2.24, 2.45) is 0 Å². The minimum atomic E-state index is -0.406. The van der Waals surface area contributed by atoms with Crippen molar-refractivity contribution in [2.75, 3.05) is 39.8 Å². The van der Waals surface area contributed by atoms with Crippen LogP contribution in [-0.4, -0.2) is 78.2 Å². The Hall–Kier alpha value is -0.810. The number of nitrogens with zero attached hydrogens (tertiary/aromatic N) is 3. The smallest absolute Gasteiger partial charge is 0.410 e. The van der Waals surface area contributed by atoms with Crippen molar-refractivity contribution >= 4 is 6.09 Å². The van der Waals surface area contributed by atoms with Gasteiger partial charge in [0.2, 0.25) is 0 Å². The summed E-state index contributed by atoms with van der Waals surface area (Å²) in [7, 11) is 2.18. The van der Waals surface area contributed by atoms with E-state index in [1.165, 1.54) is 0 Å². The molecule has 2 saturated heterocycles. The molecule has 20 heavy (non-hydrogen) atoms. The molecule has 0 saturated carbocycles. The number of piperazine rings is 1. The van der Waals surface area contributed by atoms with Crippen LogP contribution < -0.4 is 0 Å². The molecule has 2 rings (SSSR count). The van der Waals surface area contributed by atoms with Crippen molar-refractivity contribution < 1.29 is 9.53 Å². The van der Waals surface area contributed by atoms with Gasteiger partial charge >= 0.3 is 6.09 Å². The van der Waals surface area contributed by atoms with Gasteiger partial charge in [-0.05, 0) is 41.2 Å².